The first-order chi connectivity index (χ1) is 8.29. The lowest BCUT2D eigenvalue weighted by molar-refractivity contribution is 0.544. The molecule has 17 heavy (non-hydrogen) atoms. The molecule has 1 N–H and O–H groups in total. The van der Waals surface area contributed by atoms with Crippen LogP contribution in [-0.2, 0) is 6.54 Å². The molecule has 0 radical (unpaired) electrons. The van der Waals surface area contributed by atoms with E-state index in [0.29, 0.717) is 0 Å². The van der Waals surface area contributed by atoms with Gasteiger partial charge in [0, 0.05) is 20.1 Å². The first kappa shape index (κ1) is 12.3. The maximum atomic E-state index is 4.46. The lowest BCUT2D eigenvalue weighted by atomic mass is 10.1. The van der Waals surface area contributed by atoms with Crippen LogP contribution in [0.25, 0.3) is 0 Å². The number of rotatable bonds is 5. The molecule has 0 atom stereocenters. The van der Waals surface area contributed by atoms with Gasteiger partial charge in [-0.15, -0.1) is 0 Å². The zero-order chi connectivity index (χ0) is 12.1. The summed E-state index contributed by atoms with van der Waals surface area (Å²) in [6, 6.07) is 0. The van der Waals surface area contributed by atoms with Crippen molar-refractivity contribution in [3.63, 3.8) is 0 Å². The van der Waals surface area contributed by atoms with Crippen molar-refractivity contribution in [1.29, 1.82) is 0 Å². The average molecular weight is 234 g/mol. The van der Waals surface area contributed by atoms with Gasteiger partial charge in [-0.2, -0.15) is 0 Å². The highest BCUT2D eigenvalue weighted by atomic mass is 15.2. The molecule has 4 nitrogen and oxygen atoms in total. The van der Waals surface area contributed by atoms with E-state index in [1.54, 1.807) is 0 Å². The molecular formula is C13H22N4. The van der Waals surface area contributed by atoms with E-state index in [1.165, 1.54) is 25.7 Å². The van der Waals surface area contributed by atoms with Crippen molar-refractivity contribution in [2.75, 3.05) is 25.5 Å². The Morgan fingerprint density at radius 3 is 2.65 bits per heavy atom. The van der Waals surface area contributed by atoms with Crippen LogP contribution in [0.15, 0.2) is 12.4 Å². The fourth-order valence-corrected chi connectivity index (χ4v) is 2.49. The van der Waals surface area contributed by atoms with Crippen LogP contribution in [0.3, 0.4) is 0 Å². The zero-order valence-corrected chi connectivity index (χ0v) is 10.8. The van der Waals surface area contributed by atoms with E-state index < -0.39 is 0 Å². The summed E-state index contributed by atoms with van der Waals surface area (Å²) in [5, 5.41) is 3.08. The van der Waals surface area contributed by atoms with E-state index in [2.05, 4.69) is 27.2 Å². The van der Waals surface area contributed by atoms with Crippen molar-refractivity contribution >= 4 is 5.82 Å². The summed E-state index contributed by atoms with van der Waals surface area (Å²) in [6.45, 7) is 1.89. The molecule has 0 amide bonds. The molecule has 1 aromatic heterocycles. The Balaban J connectivity index is 1.91. The number of hydrogen-bond acceptors (Lipinski definition) is 4. The molecule has 0 saturated heterocycles. The Hall–Kier alpha value is -1.16. The van der Waals surface area contributed by atoms with Crippen molar-refractivity contribution in [1.82, 2.24) is 15.3 Å². The third-order valence-electron chi connectivity index (χ3n) is 3.45. The van der Waals surface area contributed by atoms with E-state index in [0.717, 1.165) is 30.5 Å². The van der Waals surface area contributed by atoms with Crippen LogP contribution in [0.4, 0.5) is 5.82 Å². The standard InChI is InChI=1S/C13H22N4/c1-14-7-12-8-16-13(9-15-12)17(2)10-11-5-3-4-6-11/h8-9,11,14H,3-7,10H2,1-2H3. The monoisotopic (exact) mass is 234 g/mol. The fourth-order valence-electron chi connectivity index (χ4n) is 2.49. The minimum atomic E-state index is 0.777. The Kier molecular flexibility index (Phi) is 4.31. The summed E-state index contributed by atoms with van der Waals surface area (Å²) in [5.41, 5.74) is 0.991. The van der Waals surface area contributed by atoms with Gasteiger partial charge in [0.2, 0.25) is 0 Å². The maximum Gasteiger partial charge on any atom is 0.146 e. The second-order valence-electron chi connectivity index (χ2n) is 4.93. The minimum Gasteiger partial charge on any atom is -0.358 e. The summed E-state index contributed by atoms with van der Waals surface area (Å²) < 4.78 is 0. The second-order valence-corrected chi connectivity index (χ2v) is 4.93. The van der Waals surface area contributed by atoms with E-state index in [4.69, 9.17) is 0 Å². The molecular weight excluding hydrogens is 212 g/mol. The first-order valence-corrected chi connectivity index (χ1v) is 6.46. The number of nitrogens with zero attached hydrogens (tertiary/aromatic N) is 3. The first-order valence-electron chi connectivity index (χ1n) is 6.46. The van der Waals surface area contributed by atoms with Gasteiger partial charge in [-0.1, -0.05) is 12.8 Å². The molecule has 2 rings (SSSR count). The van der Waals surface area contributed by atoms with Gasteiger partial charge in [0.25, 0.3) is 0 Å². The van der Waals surface area contributed by atoms with Crippen molar-refractivity contribution < 1.29 is 0 Å². The largest absolute Gasteiger partial charge is 0.358 e. The molecule has 1 saturated carbocycles. The van der Waals surface area contributed by atoms with Crippen LogP contribution in [0.5, 0.6) is 0 Å². The van der Waals surface area contributed by atoms with Crippen LogP contribution in [0, 0.1) is 5.92 Å². The maximum absolute atomic E-state index is 4.46. The Morgan fingerprint density at radius 1 is 1.29 bits per heavy atom. The highest BCUT2D eigenvalue weighted by Gasteiger charge is 2.17. The quantitative estimate of drug-likeness (QED) is 0.844. The van der Waals surface area contributed by atoms with E-state index in [-0.39, 0.29) is 0 Å². The normalized spacial score (nSPS) is 16.4. The van der Waals surface area contributed by atoms with E-state index in [9.17, 15) is 0 Å². The number of hydrogen-bond donors (Lipinski definition) is 1. The molecule has 94 valence electrons. The third kappa shape index (κ3) is 3.40. The number of nitrogens with one attached hydrogen (secondary N) is 1. The summed E-state index contributed by atoms with van der Waals surface area (Å²) in [5.74, 6) is 1.83. The molecule has 1 aromatic rings. The third-order valence-corrected chi connectivity index (χ3v) is 3.45. The summed E-state index contributed by atoms with van der Waals surface area (Å²) >= 11 is 0. The van der Waals surface area contributed by atoms with Gasteiger partial charge in [-0.05, 0) is 25.8 Å². The van der Waals surface area contributed by atoms with Crippen LogP contribution >= 0.6 is 0 Å². The summed E-state index contributed by atoms with van der Waals surface area (Å²) in [6.07, 6.45) is 9.26. The van der Waals surface area contributed by atoms with Gasteiger partial charge in [0.05, 0.1) is 18.1 Å². The highest BCUT2D eigenvalue weighted by molar-refractivity contribution is 5.34. The predicted molar refractivity (Wildman–Crippen MR) is 70.0 cm³/mol. The average Bonchev–Trinajstić information content (AvgIpc) is 2.83. The number of aromatic nitrogens is 2. The molecule has 0 bridgehead atoms. The number of anilines is 1. The topological polar surface area (TPSA) is 41.1 Å². The zero-order valence-electron chi connectivity index (χ0n) is 10.8. The molecule has 1 heterocycles. The van der Waals surface area contributed by atoms with Gasteiger partial charge < -0.3 is 10.2 Å². The van der Waals surface area contributed by atoms with Crippen LogP contribution < -0.4 is 10.2 Å². The second kappa shape index (κ2) is 5.96. The Morgan fingerprint density at radius 2 is 2.06 bits per heavy atom. The minimum absolute atomic E-state index is 0.777. The molecule has 0 aromatic carbocycles. The van der Waals surface area contributed by atoms with Gasteiger partial charge in [-0.25, -0.2) is 4.98 Å². The summed E-state index contributed by atoms with van der Waals surface area (Å²) in [4.78, 5) is 11.1. The van der Waals surface area contributed by atoms with E-state index in [1.807, 2.05) is 19.4 Å². The fraction of sp³-hybridized carbons (Fsp3) is 0.692. The molecule has 1 aliphatic rings. The van der Waals surface area contributed by atoms with Crippen molar-refractivity contribution in [2.24, 2.45) is 5.92 Å². The summed E-state index contributed by atoms with van der Waals surface area (Å²) in [7, 11) is 4.03. The molecule has 1 fully saturated rings. The van der Waals surface area contributed by atoms with Crippen LogP contribution in [-0.4, -0.2) is 30.6 Å². The van der Waals surface area contributed by atoms with Gasteiger partial charge in [-0.3, -0.25) is 4.98 Å². The molecule has 4 heteroatoms. The Labute approximate surface area is 103 Å². The van der Waals surface area contributed by atoms with Crippen molar-refractivity contribution in [3.05, 3.63) is 18.1 Å². The van der Waals surface area contributed by atoms with Crippen molar-refractivity contribution in [3.8, 4) is 0 Å². The SMILES string of the molecule is CNCc1cnc(N(C)CC2CCCC2)cn1. The van der Waals surface area contributed by atoms with E-state index >= 15 is 0 Å². The molecule has 0 aliphatic heterocycles. The molecule has 0 spiro atoms. The molecule has 0 unspecified atom stereocenters. The van der Waals surface area contributed by atoms with Gasteiger partial charge in [0.1, 0.15) is 5.82 Å². The smallest absolute Gasteiger partial charge is 0.146 e. The lowest BCUT2D eigenvalue weighted by Gasteiger charge is -2.21. The predicted octanol–water partition coefficient (Wildman–Crippen LogP) is 1.82. The molecule has 1 aliphatic carbocycles. The van der Waals surface area contributed by atoms with Crippen molar-refractivity contribution in [2.45, 2.75) is 32.2 Å². The van der Waals surface area contributed by atoms with Gasteiger partial charge >= 0.3 is 0 Å². The van der Waals surface area contributed by atoms with Gasteiger partial charge in [0.15, 0.2) is 0 Å². The Bertz CT molecular complexity index is 330. The lowest BCUT2D eigenvalue weighted by Crippen LogP contribution is -2.25. The highest BCUT2D eigenvalue weighted by Crippen LogP contribution is 2.26. The van der Waals surface area contributed by atoms with Crippen LogP contribution in [0.1, 0.15) is 31.4 Å². The van der Waals surface area contributed by atoms with Crippen LogP contribution in [0.2, 0.25) is 0 Å².